The van der Waals surface area contributed by atoms with Crippen LogP contribution < -0.4 is 4.74 Å². The lowest BCUT2D eigenvalue weighted by Gasteiger charge is -2.35. The lowest BCUT2D eigenvalue weighted by Crippen LogP contribution is -2.47. The van der Waals surface area contributed by atoms with E-state index in [1.54, 1.807) is 12.1 Å². The van der Waals surface area contributed by atoms with E-state index in [4.69, 9.17) is 4.74 Å². The molecule has 0 unspecified atom stereocenters. The molecule has 1 saturated heterocycles. The van der Waals surface area contributed by atoms with Crippen LogP contribution in [0.15, 0.2) is 24.3 Å². The van der Waals surface area contributed by atoms with E-state index in [0.29, 0.717) is 24.3 Å². The third-order valence-corrected chi connectivity index (χ3v) is 6.37. The number of amides is 1. The fourth-order valence-electron chi connectivity index (χ4n) is 4.18. The van der Waals surface area contributed by atoms with Gasteiger partial charge in [-0.2, -0.15) is 0 Å². The molecular weight excluding hydrogens is 339 g/mol. The van der Waals surface area contributed by atoms with Gasteiger partial charge in [0.2, 0.25) is 0 Å². The highest BCUT2D eigenvalue weighted by molar-refractivity contribution is 7.13. The fraction of sp³-hybridized carbons (Fsp3) is 0.474. The number of ether oxygens (including phenoxy) is 1. The van der Waals surface area contributed by atoms with Crippen molar-refractivity contribution in [3.05, 3.63) is 45.7 Å². The van der Waals surface area contributed by atoms with Gasteiger partial charge in [-0.1, -0.05) is 0 Å². The number of benzene rings is 1. The summed E-state index contributed by atoms with van der Waals surface area (Å²) in [5.74, 6) is 0.938. The van der Waals surface area contributed by atoms with Crippen molar-refractivity contribution in [1.82, 2.24) is 9.88 Å². The van der Waals surface area contributed by atoms with Crippen molar-refractivity contribution in [3.8, 4) is 5.75 Å². The van der Waals surface area contributed by atoms with E-state index in [2.05, 4.69) is 4.98 Å². The number of aromatic nitrogens is 1. The van der Waals surface area contributed by atoms with E-state index in [-0.39, 0.29) is 17.8 Å². The van der Waals surface area contributed by atoms with Gasteiger partial charge in [-0.15, -0.1) is 11.3 Å². The van der Waals surface area contributed by atoms with Crippen molar-refractivity contribution >= 4 is 17.2 Å². The van der Waals surface area contributed by atoms with Gasteiger partial charge >= 0.3 is 0 Å². The Morgan fingerprint density at radius 3 is 2.76 bits per heavy atom. The highest BCUT2D eigenvalue weighted by atomic mass is 32.1. The molecule has 1 amide bonds. The van der Waals surface area contributed by atoms with Crippen LogP contribution in [0.25, 0.3) is 0 Å². The molecule has 1 aliphatic heterocycles. The maximum atomic E-state index is 13.1. The Morgan fingerprint density at radius 2 is 2.08 bits per heavy atom. The molecule has 1 aliphatic carbocycles. The number of hydrogen-bond donors (Lipinski definition) is 0. The zero-order chi connectivity index (χ0) is 17.6. The molecular formula is C19H21FN2O2S. The second kappa shape index (κ2) is 6.41. The molecule has 0 spiro atoms. The first-order valence-electron chi connectivity index (χ1n) is 8.68. The van der Waals surface area contributed by atoms with E-state index in [0.717, 1.165) is 34.8 Å². The number of likely N-dealkylation sites (tertiary alicyclic amines) is 1. The molecule has 2 fully saturated rings. The van der Waals surface area contributed by atoms with Gasteiger partial charge in [0.1, 0.15) is 23.1 Å². The Kier molecular flexibility index (Phi) is 4.23. The zero-order valence-electron chi connectivity index (χ0n) is 14.4. The molecule has 4 nitrogen and oxygen atoms in total. The van der Waals surface area contributed by atoms with Crippen LogP contribution in [0.5, 0.6) is 5.75 Å². The van der Waals surface area contributed by atoms with Crippen LogP contribution in [0.4, 0.5) is 4.39 Å². The second-order valence-electron chi connectivity index (χ2n) is 6.92. The molecule has 3 atom stereocenters. The number of carbonyl (C=O) groups is 1. The third-order valence-electron chi connectivity index (χ3n) is 5.31. The fourth-order valence-corrected chi connectivity index (χ4v) is 5.05. The first-order chi connectivity index (χ1) is 12.0. The standard InChI is InChI=1S/C19H21FN2O2S/c1-11-18(25-12(2)21-11)19(23)22-15-6-3-13(9-15)17(22)10-24-16-7-4-14(20)5-8-16/h4-5,7-8,13,15,17H,3,6,9-10H2,1-2H3/t13-,15-,17-/m0/s1. The van der Waals surface area contributed by atoms with E-state index in [1.165, 1.54) is 23.5 Å². The molecule has 25 heavy (non-hydrogen) atoms. The molecule has 0 N–H and O–H groups in total. The molecule has 1 saturated carbocycles. The van der Waals surface area contributed by atoms with Crippen LogP contribution >= 0.6 is 11.3 Å². The van der Waals surface area contributed by atoms with E-state index in [1.807, 2.05) is 18.7 Å². The Bertz CT molecular complexity index is 789. The van der Waals surface area contributed by atoms with Crippen LogP contribution in [0, 0.1) is 25.6 Å². The quantitative estimate of drug-likeness (QED) is 0.828. The molecule has 0 radical (unpaired) electrons. The first kappa shape index (κ1) is 16.5. The number of piperidine rings is 1. The van der Waals surface area contributed by atoms with Crippen molar-refractivity contribution in [2.24, 2.45) is 5.92 Å². The first-order valence-corrected chi connectivity index (χ1v) is 9.49. The lowest BCUT2D eigenvalue weighted by atomic mass is 9.99. The summed E-state index contributed by atoms with van der Waals surface area (Å²) in [5, 5.41) is 0.921. The second-order valence-corrected chi connectivity index (χ2v) is 8.12. The van der Waals surface area contributed by atoms with Crippen LogP contribution in [-0.4, -0.2) is 34.5 Å². The van der Waals surface area contributed by atoms with E-state index < -0.39 is 0 Å². The number of halogens is 1. The number of carbonyl (C=O) groups excluding carboxylic acids is 1. The number of fused-ring (bicyclic) bond motifs is 2. The summed E-state index contributed by atoms with van der Waals surface area (Å²) in [4.78, 5) is 20.3. The van der Waals surface area contributed by atoms with Crippen molar-refractivity contribution in [3.63, 3.8) is 0 Å². The number of hydrogen-bond acceptors (Lipinski definition) is 4. The van der Waals surface area contributed by atoms with Gasteiger partial charge in [0.05, 0.1) is 16.7 Å². The monoisotopic (exact) mass is 360 g/mol. The smallest absolute Gasteiger partial charge is 0.266 e. The topological polar surface area (TPSA) is 42.4 Å². The summed E-state index contributed by atoms with van der Waals surface area (Å²) >= 11 is 1.47. The number of rotatable bonds is 4. The Hall–Kier alpha value is -1.95. The minimum absolute atomic E-state index is 0.0816. The normalized spacial score (nSPS) is 24.8. The molecule has 2 bridgehead atoms. The summed E-state index contributed by atoms with van der Waals surface area (Å²) in [6.07, 6.45) is 3.27. The predicted octanol–water partition coefficient (Wildman–Crippen LogP) is 3.97. The van der Waals surface area contributed by atoms with Gasteiger partial charge in [-0.25, -0.2) is 9.37 Å². The molecule has 132 valence electrons. The number of thiazole rings is 1. The van der Waals surface area contributed by atoms with Crippen molar-refractivity contribution in [2.75, 3.05) is 6.61 Å². The molecule has 1 aromatic carbocycles. The molecule has 2 aromatic rings. The van der Waals surface area contributed by atoms with Gasteiger partial charge in [0, 0.05) is 6.04 Å². The van der Waals surface area contributed by atoms with Crippen LogP contribution in [0.3, 0.4) is 0 Å². The summed E-state index contributed by atoms with van der Waals surface area (Å²) in [6, 6.07) is 6.43. The summed E-state index contributed by atoms with van der Waals surface area (Å²) in [6.45, 7) is 4.28. The minimum atomic E-state index is -0.278. The third kappa shape index (κ3) is 3.03. The van der Waals surface area contributed by atoms with Crippen molar-refractivity contribution < 1.29 is 13.9 Å². The average Bonchev–Trinajstić information content (AvgIpc) is 3.28. The van der Waals surface area contributed by atoms with Crippen molar-refractivity contribution in [1.29, 1.82) is 0 Å². The molecule has 1 aromatic heterocycles. The SMILES string of the molecule is Cc1nc(C)c(C(=O)N2[C@H]3CC[C@@H](C3)[C@@H]2COc2ccc(F)cc2)s1. The van der Waals surface area contributed by atoms with Gasteiger partial charge in [0.25, 0.3) is 5.91 Å². The van der Waals surface area contributed by atoms with Gasteiger partial charge < -0.3 is 9.64 Å². The van der Waals surface area contributed by atoms with Crippen LogP contribution in [0.1, 0.15) is 39.6 Å². The molecule has 4 rings (SSSR count). The average molecular weight is 360 g/mol. The van der Waals surface area contributed by atoms with Crippen LogP contribution in [-0.2, 0) is 0 Å². The molecule has 2 heterocycles. The van der Waals surface area contributed by atoms with E-state index >= 15 is 0 Å². The molecule has 6 heteroatoms. The summed E-state index contributed by atoms with van der Waals surface area (Å²) in [5.41, 5.74) is 0.813. The van der Waals surface area contributed by atoms with Gasteiger partial charge in [-0.3, -0.25) is 4.79 Å². The summed E-state index contributed by atoms with van der Waals surface area (Å²) < 4.78 is 18.9. The van der Waals surface area contributed by atoms with Crippen molar-refractivity contribution in [2.45, 2.75) is 45.2 Å². The predicted molar refractivity (Wildman–Crippen MR) is 94.6 cm³/mol. The maximum Gasteiger partial charge on any atom is 0.266 e. The molecule has 2 aliphatic rings. The van der Waals surface area contributed by atoms with Gasteiger partial charge in [0.15, 0.2) is 0 Å². The minimum Gasteiger partial charge on any atom is -0.491 e. The largest absolute Gasteiger partial charge is 0.491 e. The van der Waals surface area contributed by atoms with E-state index in [9.17, 15) is 9.18 Å². The number of aryl methyl sites for hydroxylation is 2. The highest BCUT2D eigenvalue weighted by Crippen LogP contribution is 2.43. The van der Waals surface area contributed by atoms with Gasteiger partial charge in [-0.05, 0) is 63.3 Å². The van der Waals surface area contributed by atoms with Crippen LogP contribution in [0.2, 0.25) is 0 Å². The number of nitrogens with zero attached hydrogens (tertiary/aromatic N) is 2. The zero-order valence-corrected chi connectivity index (χ0v) is 15.2. The summed E-state index contributed by atoms with van der Waals surface area (Å²) in [7, 11) is 0. The Labute approximate surface area is 150 Å². The Balaban J connectivity index is 1.52. The lowest BCUT2D eigenvalue weighted by molar-refractivity contribution is 0.0509. The highest BCUT2D eigenvalue weighted by Gasteiger charge is 2.49. The Morgan fingerprint density at radius 1 is 1.32 bits per heavy atom. The maximum absolute atomic E-state index is 13.1.